The normalized spacial score (nSPS) is 23.9. The smallest absolute Gasteiger partial charge is 0.0594 e. The molecule has 1 atom stereocenters. The number of thioether (sulfide) groups is 1. The first-order valence-electron chi connectivity index (χ1n) is 7.24. The lowest BCUT2D eigenvalue weighted by atomic mass is 10.1. The standard InChI is InChI=1S/C15H21ClN2OS/c16-15-9-13(17-14-3-8-20-11-14)2-1-12(15)10-18-4-6-19-7-5-18/h1-2,9,14,17H,3-8,10-11H2/t14-/m1/s1. The van der Waals surface area contributed by atoms with Crippen LogP contribution in [0, 0.1) is 0 Å². The monoisotopic (exact) mass is 312 g/mol. The second-order valence-corrected chi connectivity index (χ2v) is 6.96. The minimum Gasteiger partial charge on any atom is -0.381 e. The van der Waals surface area contributed by atoms with Gasteiger partial charge in [-0.2, -0.15) is 11.8 Å². The van der Waals surface area contributed by atoms with Gasteiger partial charge in [-0.1, -0.05) is 17.7 Å². The van der Waals surface area contributed by atoms with Crippen LogP contribution in [0.4, 0.5) is 5.69 Å². The van der Waals surface area contributed by atoms with Gasteiger partial charge in [-0.25, -0.2) is 0 Å². The van der Waals surface area contributed by atoms with Crippen molar-refractivity contribution in [3.05, 3.63) is 28.8 Å². The van der Waals surface area contributed by atoms with Crippen LogP contribution in [-0.4, -0.2) is 48.8 Å². The second-order valence-electron chi connectivity index (χ2n) is 5.40. The van der Waals surface area contributed by atoms with Gasteiger partial charge in [0.2, 0.25) is 0 Å². The summed E-state index contributed by atoms with van der Waals surface area (Å²) in [5.41, 5.74) is 2.35. The third-order valence-corrected chi connectivity index (χ3v) is 5.37. The number of morpholine rings is 1. The highest BCUT2D eigenvalue weighted by molar-refractivity contribution is 7.99. The van der Waals surface area contributed by atoms with E-state index in [-0.39, 0.29) is 0 Å². The lowest BCUT2D eigenvalue weighted by Crippen LogP contribution is -2.35. The summed E-state index contributed by atoms with van der Waals surface area (Å²) in [6.07, 6.45) is 1.25. The molecule has 2 fully saturated rings. The Kier molecular flexibility index (Phi) is 5.10. The maximum atomic E-state index is 6.43. The summed E-state index contributed by atoms with van der Waals surface area (Å²) in [4.78, 5) is 2.39. The van der Waals surface area contributed by atoms with Gasteiger partial charge in [-0.3, -0.25) is 4.90 Å². The molecule has 2 aliphatic rings. The predicted molar refractivity (Wildman–Crippen MR) is 86.9 cm³/mol. The van der Waals surface area contributed by atoms with Crippen molar-refractivity contribution in [1.82, 2.24) is 4.90 Å². The van der Waals surface area contributed by atoms with Crippen molar-refractivity contribution in [3.63, 3.8) is 0 Å². The average molecular weight is 313 g/mol. The molecule has 0 saturated carbocycles. The van der Waals surface area contributed by atoms with E-state index in [1.165, 1.54) is 23.5 Å². The van der Waals surface area contributed by atoms with Crippen LogP contribution < -0.4 is 5.32 Å². The molecule has 1 aromatic rings. The fourth-order valence-electron chi connectivity index (χ4n) is 2.65. The number of halogens is 1. The minimum atomic E-state index is 0.598. The number of nitrogens with zero attached hydrogens (tertiary/aromatic N) is 1. The third-order valence-electron chi connectivity index (χ3n) is 3.85. The molecule has 0 spiro atoms. The van der Waals surface area contributed by atoms with Gasteiger partial charge in [0.05, 0.1) is 13.2 Å². The van der Waals surface area contributed by atoms with Gasteiger partial charge in [-0.15, -0.1) is 0 Å². The Bertz CT molecular complexity index is 445. The summed E-state index contributed by atoms with van der Waals surface area (Å²) in [5.74, 6) is 2.47. The van der Waals surface area contributed by atoms with E-state index in [2.05, 4.69) is 28.4 Å². The zero-order chi connectivity index (χ0) is 13.8. The molecule has 1 N–H and O–H groups in total. The lowest BCUT2D eigenvalue weighted by Gasteiger charge is -2.27. The molecule has 0 amide bonds. The zero-order valence-corrected chi connectivity index (χ0v) is 13.2. The van der Waals surface area contributed by atoms with E-state index in [1.54, 1.807) is 0 Å². The Labute approximate surface area is 130 Å². The van der Waals surface area contributed by atoms with E-state index in [1.807, 2.05) is 11.8 Å². The van der Waals surface area contributed by atoms with E-state index in [4.69, 9.17) is 16.3 Å². The maximum Gasteiger partial charge on any atom is 0.0594 e. The van der Waals surface area contributed by atoms with Crippen molar-refractivity contribution >= 4 is 29.1 Å². The number of hydrogen-bond donors (Lipinski definition) is 1. The van der Waals surface area contributed by atoms with Gasteiger partial charge in [0.1, 0.15) is 0 Å². The molecule has 0 unspecified atom stereocenters. The highest BCUT2D eigenvalue weighted by Crippen LogP contribution is 2.26. The molecule has 3 rings (SSSR count). The topological polar surface area (TPSA) is 24.5 Å². The molecule has 0 aromatic heterocycles. The van der Waals surface area contributed by atoms with Crippen LogP contribution in [-0.2, 0) is 11.3 Å². The molecule has 2 aliphatic heterocycles. The summed E-state index contributed by atoms with van der Waals surface area (Å²) in [6.45, 7) is 4.57. The van der Waals surface area contributed by atoms with Gasteiger partial charge in [0.25, 0.3) is 0 Å². The van der Waals surface area contributed by atoms with Gasteiger partial charge in [0, 0.05) is 42.1 Å². The van der Waals surface area contributed by atoms with E-state index in [0.29, 0.717) is 6.04 Å². The first kappa shape index (κ1) is 14.5. The van der Waals surface area contributed by atoms with E-state index in [0.717, 1.165) is 43.6 Å². The molecule has 0 radical (unpaired) electrons. The number of nitrogens with one attached hydrogen (secondary N) is 1. The minimum absolute atomic E-state index is 0.598. The SMILES string of the molecule is Clc1cc(N[C@@H]2CCSC2)ccc1CN1CCOCC1. The van der Waals surface area contributed by atoms with Gasteiger partial charge >= 0.3 is 0 Å². The first-order valence-corrected chi connectivity index (χ1v) is 8.77. The Morgan fingerprint density at radius 2 is 2.20 bits per heavy atom. The maximum absolute atomic E-state index is 6.43. The van der Waals surface area contributed by atoms with Crippen molar-refractivity contribution in [2.24, 2.45) is 0 Å². The summed E-state index contributed by atoms with van der Waals surface area (Å²) in [5, 5.41) is 4.44. The summed E-state index contributed by atoms with van der Waals surface area (Å²) in [7, 11) is 0. The largest absolute Gasteiger partial charge is 0.381 e. The molecule has 0 bridgehead atoms. The molecular weight excluding hydrogens is 292 g/mol. The molecular formula is C15H21ClN2OS. The molecule has 2 saturated heterocycles. The Balaban J connectivity index is 1.60. The Morgan fingerprint density at radius 3 is 2.90 bits per heavy atom. The van der Waals surface area contributed by atoms with Crippen molar-refractivity contribution in [2.45, 2.75) is 19.0 Å². The molecule has 110 valence electrons. The van der Waals surface area contributed by atoms with Crippen LogP contribution in [0.2, 0.25) is 5.02 Å². The molecule has 20 heavy (non-hydrogen) atoms. The first-order chi connectivity index (χ1) is 9.81. The third kappa shape index (κ3) is 3.82. The fourth-order valence-corrected chi connectivity index (χ4v) is 4.04. The summed E-state index contributed by atoms with van der Waals surface area (Å²) < 4.78 is 5.37. The number of benzene rings is 1. The number of ether oxygens (including phenoxy) is 1. The van der Waals surface area contributed by atoms with E-state index < -0.39 is 0 Å². The average Bonchev–Trinajstić information content (AvgIpc) is 2.96. The predicted octanol–water partition coefficient (Wildman–Crippen LogP) is 3.09. The van der Waals surface area contributed by atoms with E-state index >= 15 is 0 Å². The van der Waals surface area contributed by atoms with Crippen LogP contribution in [0.3, 0.4) is 0 Å². The highest BCUT2D eigenvalue weighted by atomic mass is 35.5. The highest BCUT2D eigenvalue weighted by Gasteiger charge is 2.16. The van der Waals surface area contributed by atoms with Crippen molar-refractivity contribution in [1.29, 1.82) is 0 Å². The van der Waals surface area contributed by atoms with Crippen LogP contribution >= 0.6 is 23.4 Å². The van der Waals surface area contributed by atoms with Crippen LogP contribution in [0.5, 0.6) is 0 Å². The quantitative estimate of drug-likeness (QED) is 0.923. The molecule has 3 nitrogen and oxygen atoms in total. The lowest BCUT2D eigenvalue weighted by molar-refractivity contribution is 0.0342. The summed E-state index contributed by atoms with van der Waals surface area (Å²) in [6, 6.07) is 6.98. The number of anilines is 1. The van der Waals surface area contributed by atoms with Crippen LogP contribution in [0.1, 0.15) is 12.0 Å². The molecule has 0 aliphatic carbocycles. The van der Waals surface area contributed by atoms with E-state index in [9.17, 15) is 0 Å². The Morgan fingerprint density at radius 1 is 1.35 bits per heavy atom. The summed E-state index contributed by atoms with van der Waals surface area (Å²) >= 11 is 8.45. The van der Waals surface area contributed by atoms with Gasteiger partial charge in [0.15, 0.2) is 0 Å². The molecule has 2 heterocycles. The zero-order valence-electron chi connectivity index (χ0n) is 11.6. The molecule has 1 aromatic carbocycles. The Hall–Kier alpha value is -0.420. The number of rotatable bonds is 4. The van der Waals surface area contributed by atoms with Crippen LogP contribution in [0.25, 0.3) is 0 Å². The van der Waals surface area contributed by atoms with Crippen molar-refractivity contribution < 1.29 is 4.74 Å². The van der Waals surface area contributed by atoms with Gasteiger partial charge in [-0.05, 0) is 29.9 Å². The fraction of sp³-hybridized carbons (Fsp3) is 0.600. The van der Waals surface area contributed by atoms with Crippen molar-refractivity contribution in [2.75, 3.05) is 43.1 Å². The van der Waals surface area contributed by atoms with Crippen LogP contribution in [0.15, 0.2) is 18.2 Å². The second kappa shape index (κ2) is 7.03. The van der Waals surface area contributed by atoms with Gasteiger partial charge < -0.3 is 10.1 Å². The number of hydrogen-bond acceptors (Lipinski definition) is 4. The van der Waals surface area contributed by atoms with Crippen molar-refractivity contribution in [3.8, 4) is 0 Å². The molecule has 5 heteroatoms.